The maximum atomic E-state index is 12.1. The van der Waals surface area contributed by atoms with Crippen molar-refractivity contribution >= 4 is 11.5 Å². The molecule has 0 bridgehead atoms. The molecule has 0 unspecified atom stereocenters. The third-order valence-corrected chi connectivity index (χ3v) is 4.32. The molecule has 1 aromatic rings. The highest BCUT2D eigenvalue weighted by Crippen LogP contribution is 2.29. The number of carbonyl (C=O) groups is 1. The van der Waals surface area contributed by atoms with E-state index in [1.54, 1.807) is 0 Å². The van der Waals surface area contributed by atoms with E-state index in [1.165, 1.54) is 0 Å². The van der Waals surface area contributed by atoms with E-state index < -0.39 is 0 Å². The summed E-state index contributed by atoms with van der Waals surface area (Å²) >= 11 is 0. The highest BCUT2D eigenvalue weighted by molar-refractivity contribution is 6.24. The van der Waals surface area contributed by atoms with Gasteiger partial charge in [0.25, 0.3) is 0 Å². The Labute approximate surface area is 155 Å². The van der Waals surface area contributed by atoms with Gasteiger partial charge in [-0.1, -0.05) is 13.0 Å². The van der Waals surface area contributed by atoms with Gasteiger partial charge in [0.1, 0.15) is 5.76 Å². The highest BCUT2D eigenvalue weighted by atomic mass is 16.5. The number of aliphatic imine (C=N–C) groups is 1. The van der Waals surface area contributed by atoms with E-state index in [1.807, 2.05) is 39.0 Å². The highest BCUT2D eigenvalue weighted by Gasteiger charge is 2.24. The normalized spacial score (nSPS) is 18.1. The van der Waals surface area contributed by atoms with Gasteiger partial charge in [0.15, 0.2) is 17.3 Å². The zero-order valence-electron chi connectivity index (χ0n) is 16.0. The molecule has 1 aliphatic carbocycles. The average Bonchev–Trinajstić information content (AvgIpc) is 2.63. The number of ketones is 1. The maximum absolute atomic E-state index is 12.1. The predicted octanol–water partition coefficient (Wildman–Crippen LogP) is 4.44. The van der Waals surface area contributed by atoms with Gasteiger partial charge in [0.2, 0.25) is 0 Å². The fourth-order valence-electron chi connectivity index (χ4n) is 3.06. The summed E-state index contributed by atoms with van der Waals surface area (Å²) in [6.07, 6.45) is 3.24. The lowest BCUT2D eigenvalue weighted by Crippen LogP contribution is -2.21. The standard InChI is InChI=1S/C21H29NO4/c1-4-17(23)21-16(8-7-9-18(21)24)22-13-12-15-10-11-19(25-5-2)20(14-15)26-6-3/h10-11,14,23H,4-9,12-13H2,1-3H3. The quantitative estimate of drug-likeness (QED) is 0.550. The Morgan fingerprint density at radius 3 is 2.54 bits per heavy atom. The van der Waals surface area contributed by atoms with Crippen LogP contribution in [0.15, 0.2) is 34.5 Å². The monoisotopic (exact) mass is 359 g/mol. The van der Waals surface area contributed by atoms with Crippen molar-refractivity contribution in [2.24, 2.45) is 4.99 Å². The Morgan fingerprint density at radius 1 is 1.12 bits per heavy atom. The van der Waals surface area contributed by atoms with E-state index in [2.05, 4.69) is 4.99 Å². The molecule has 2 rings (SSSR count). The Balaban J connectivity index is 2.11. The van der Waals surface area contributed by atoms with E-state index in [4.69, 9.17) is 9.47 Å². The average molecular weight is 359 g/mol. The molecule has 1 saturated carbocycles. The van der Waals surface area contributed by atoms with Gasteiger partial charge in [0.05, 0.1) is 18.8 Å². The summed E-state index contributed by atoms with van der Waals surface area (Å²) in [4.78, 5) is 16.7. The molecule has 0 atom stereocenters. The van der Waals surface area contributed by atoms with Gasteiger partial charge in [-0.2, -0.15) is 0 Å². The van der Waals surface area contributed by atoms with Crippen molar-refractivity contribution < 1.29 is 19.4 Å². The first-order valence-corrected chi connectivity index (χ1v) is 9.48. The van der Waals surface area contributed by atoms with Gasteiger partial charge in [-0.3, -0.25) is 9.79 Å². The van der Waals surface area contributed by atoms with Crippen molar-refractivity contribution in [2.75, 3.05) is 19.8 Å². The van der Waals surface area contributed by atoms with Crippen LogP contribution in [0, 0.1) is 0 Å². The first kappa shape index (κ1) is 20.0. The topological polar surface area (TPSA) is 68.1 Å². The van der Waals surface area contributed by atoms with Crippen LogP contribution >= 0.6 is 0 Å². The van der Waals surface area contributed by atoms with Gasteiger partial charge in [0, 0.05) is 25.1 Å². The van der Waals surface area contributed by atoms with Crippen molar-refractivity contribution in [1.82, 2.24) is 0 Å². The molecule has 1 aliphatic rings. The molecule has 0 aromatic heterocycles. The van der Waals surface area contributed by atoms with Gasteiger partial charge in [-0.25, -0.2) is 0 Å². The van der Waals surface area contributed by atoms with E-state index >= 15 is 0 Å². The molecular weight excluding hydrogens is 330 g/mol. The molecule has 5 nitrogen and oxygen atoms in total. The summed E-state index contributed by atoms with van der Waals surface area (Å²) in [5, 5.41) is 10.1. The van der Waals surface area contributed by atoms with Gasteiger partial charge < -0.3 is 14.6 Å². The summed E-state index contributed by atoms with van der Waals surface area (Å²) in [5.41, 5.74) is 2.30. The minimum Gasteiger partial charge on any atom is -0.512 e. The SMILES string of the molecule is CCOc1ccc(CCN=C2CCCC(=O)C2=C(O)CC)cc1OCC. The van der Waals surface area contributed by atoms with Crippen LogP contribution in [0.1, 0.15) is 52.0 Å². The number of aliphatic hydroxyl groups excluding tert-OH is 1. The fourth-order valence-corrected chi connectivity index (χ4v) is 3.06. The molecule has 1 aromatic carbocycles. The lowest BCUT2D eigenvalue weighted by Gasteiger charge is -2.17. The molecule has 0 aliphatic heterocycles. The van der Waals surface area contributed by atoms with Gasteiger partial charge in [-0.15, -0.1) is 0 Å². The van der Waals surface area contributed by atoms with Crippen LogP contribution < -0.4 is 9.47 Å². The zero-order valence-corrected chi connectivity index (χ0v) is 16.0. The van der Waals surface area contributed by atoms with Crippen molar-refractivity contribution in [1.29, 1.82) is 0 Å². The van der Waals surface area contributed by atoms with Crippen LogP contribution in [0.3, 0.4) is 0 Å². The molecule has 0 radical (unpaired) electrons. The number of carbonyl (C=O) groups excluding carboxylic acids is 1. The summed E-state index contributed by atoms with van der Waals surface area (Å²) in [5.74, 6) is 1.67. The lowest BCUT2D eigenvalue weighted by molar-refractivity contribution is -0.115. The Hall–Kier alpha value is -2.30. The zero-order chi connectivity index (χ0) is 18.9. The van der Waals surface area contributed by atoms with Crippen molar-refractivity contribution in [3.05, 3.63) is 35.1 Å². The van der Waals surface area contributed by atoms with Crippen LogP contribution in [0.5, 0.6) is 11.5 Å². The number of benzene rings is 1. The second kappa shape index (κ2) is 10.00. The molecule has 1 fully saturated rings. The largest absolute Gasteiger partial charge is 0.512 e. The molecule has 5 heteroatoms. The molecule has 1 N–H and O–H groups in total. The van der Waals surface area contributed by atoms with Crippen molar-refractivity contribution in [3.63, 3.8) is 0 Å². The number of hydrogen-bond donors (Lipinski definition) is 1. The minimum absolute atomic E-state index is 0.00838. The number of hydrogen-bond acceptors (Lipinski definition) is 5. The Bertz CT molecular complexity index is 691. The van der Waals surface area contributed by atoms with Crippen LogP contribution in [-0.4, -0.2) is 36.4 Å². The van der Waals surface area contributed by atoms with E-state index in [-0.39, 0.29) is 11.5 Å². The fraction of sp³-hybridized carbons (Fsp3) is 0.524. The number of rotatable bonds is 8. The van der Waals surface area contributed by atoms with Crippen molar-refractivity contribution in [2.45, 2.75) is 52.9 Å². The number of ether oxygens (including phenoxy) is 2. The molecule has 0 amide bonds. The predicted molar refractivity (Wildman–Crippen MR) is 104 cm³/mol. The molecule has 0 heterocycles. The van der Waals surface area contributed by atoms with Crippen molar-refractivity contribution in [3.8, 4) is 11.5 Å². The third-order valence-electron chi connectivity index (χ3n) is 4.32. The Morgan fingerprint density at radius 2 is 1.85 bits per heavy atom. The van der Waals surface area contributed by atoms with Gasteiger partial charge >= 0.3 is 0 Å². The molecule has 0 saturated heterocycles. The first-order valence-electron chi connectivity index (χ1n) is 9.48. The number of aliphatic hydroxyl groups is 1. The lowest BCUT2D eigenvalue weighted by atomic mass is 9.90. The van der Waals surface area contributed by atoms with E-state index in [0.29, 0.717) is 38.2 Å². The van der Waals surface area contributed by atoms with Gasteiger partial charge in [-0.05, 0) is 50.8 Å². The Kier molecular flexibility index (Phi) is 7.70. The molecular formula is C21H29NO4. The second-order valence-electron chi connectivity index (χ2n) is 6.18. The van der Waals surface area contributed by atoms with Crippen LogP contribution in [0.4, 0.5) is 0 Å². The molecule has 0 spiro atoms. The second-order valence-corrected chi connectivity index (χ2v) is 6.18. The van der Waals surface area contributed by atoms with Crippen LogP contribution in [0.25, 0.3) is 0 Å². The number of Topliss-reactive ketones (excluding diaryl/α,β-unsaturated/α-hetero) is 1. The first-order chi connectivity index (χ1) is 12.6. The van der Waals surface area contributed by atoms with E-state index in [0.717, 1.165) is 42.0 Å². The number of nitrogens with zero attached hydrogens (tertiary/aromatic N) is 1. The molecule has 26 heavy (non-hydrogen) atoms. The summed E-state index contributed by atoms with van der Waals surface area (Å²) in [7, 11) is 0. The summed E-state index contributed by atoms with van der Waals surface area (Å²) in [6.45, 7) is 7.49. The molecule has 142 valence electrons. The van der Waals surface area contributed by atoms with Crippen LogP contribution in [0.2, 0.25) is 0 Å². The van der Waals surface area contributed by atoms with E-state index in [9.17, 15) is 9.90 Å². The summed E-state index contributed by atoms with van der Waals surface area (Å²) < 4.78 is 11.2. The minimum atomic E-state index is 0.00838. The summed E-state index contributed by atoms with van der Waals surface area (Å²) in [6, 6.07) is 5.93. The third kappa shape index (κ3) is 5.10. The maximum Gasteiger partial charge on any atom is 0.168 e. The smallest absolute Gasteiger partial charge is 0.168 e. The number of allylic oxidation sites excluding steroid dienone is 2. The van der Waals surface area contributed by atoms with Crippen LogP contribution in [-0.2, 0) is 11.2 Å².